The fourth-order valence-corrected chi connectivity index (χ4v) is 2.81. The molecule has 2 atom stereocenters. The van der Waals surface area contributed by atoms with Crippen LogP contribution < -0.4 is 0 Å². The van der Waals surface area contributed by atoms with Crippen molar-refractivity contribution in [2.45, 2.75) is 45.1 Å². The molecule has 0 bridgehead atoms. The van der Waals surface area contributed by atoms with E-state index >= 15 is 0 Å². The van der Waals surface area contributed by atoms with Crippen molar-refractivity contribution >= 4 is 6.09 Å². The van der Waals surface area contributed by atoms with Crippen LogP contribution in [0, 0.1) is 5.92 Å². The normalized spacial score (nSPS) is 23.4. The van der Waals surface area contributed by atoms with Crippen LogP contribution in [0.3, 0.4) is 0 Å². The Morgan fingerprint density at radius 2 is 1.71 bits per heavy atom. The first-order valence-corrected chi connectivity index (χ1v) is 7.64. The highest BCUT2D eigenvalue weighted by atomic mass is 19.3. The van der Waals surface area contributed by atoms with Gasteiger partial charge in [0.05, 0.1) is 5.92 Å². The molecule has 0 heterocycles. The number of hydrogen-bond acceptors (Lipinski definition) is 3. The van der Waals surface area contributed by atoms with Gasteiger partial charge in [-0.25, -0.2) is 9.18 Å². The summed E-state index contributed by atoms with van der Waals surface area (Å²) in [5, 5.41) is 10.3. The summed E-state index contributed by atoms with van der Waals surface area (Å²) in [5.41, 5.74) is -2.82. The quantitative estimate of drug-likeness (QED) is 0.579. The second kappa shape index (κ2) is 8.46. The molecule has 0 aliphatic heterocycles. The highest BCUT2D eigenvalue weighted by Crippen LogP contribution is 2.46. The van der Waals surface area contributed by atoms with Gasteiger partial charge in [-0.15, -0.1) is 0 Å². The van der Waals surface area contributed by atoms with E-state index in [-0.39, 0.29) is 25.9 Å². The van der Waals surface area contributed by atoms with E-state index in [4.69, 9.17) is 0 Å². The Balaban J connectivity index is 3.21. The van der Waals surface area contributed by atoms with Gasteiger partial charge in [0.1, 0.15) is 5.60 Å². The van der Waals surface area contributed by atoms with Crippen LogP contribution >= 0.6 is 0 Å². The molecule has 1 rings (SSSR count). The Morgan fingerprint density at radius 3 is 2.17 bits per heavy atom. The first kappa shape index (κ1) is 20.4. The summed E-state index contributed by atoms with van der Waals surface area (Å²) in [6.07, 6.45) is -6.55. The van der Waals surface area contributed by atoms with Gasteiger partial charge in [0, 0.05) is 13.1 Å². The molecule has 1 N–H and O–H groups in total. The predicted octanol–water partition coefficient (Wildman–Crippen LogP) is 4.57. The van der Waals surface area contributed by atoms with Crippen LogP contribution in [0.2, 0.25) is 0 Å². The molecule has 0 aromatic rings. The van der Waals surface area contributed by atoms with Crippen LogP contribution in [0.1, 0.15) is 39.5 Å². The molecule has 24 heavy (non-hydrogen) atoms. The largest absolute Gasteiger partial charge is 0.415 e. The SMILES string of the molecule is CCN(CC)C(=O)OC(=C(F)F)[C@H]1CCCC[C@@]1(O)C(F)=C(F)F. The van der Waals surface area contributed by atoms with Crippen LogP contribution in [0.25, 0.3) is 0 Å². The fourth-order valence-electron chi connectivity index (χ4n) is 2.81. The zero-order valence-electron chi connectivity index (χ0n) is 13.4. The lowest BCUT2D eigenvalue weighted by Gasteiger charge is -2.38. The molecule has 1 fully saturated rings. The van der Waals surface area contributed by atoms with Crippen LogP contribution in [-0.4, -0.2) is 34.8 Å². The smallest absolute Gasteiger partial charge is 0.409 e. The highest BCUT2D eigenvalue weighted by Gasteiger charge is 2.49. The molecular formula is C15H20F5NO3. The minimum absolute atomic E-state index is 0.179. The van der Waals surface area contributed by atoms with Crippen LogP contribution in [0.4, 0.5) is 26.7 Å². The number of halogens is 5. The lowest BCUT2D eigenvalue weighted by Crippen LogP contribution is -2.44. The van der Waals surface area contributed by atoms with Crippen LogP contribution in [0.5, 0.6) is 0 Å². The second-order valence-electron chi connectivity index (χ2n) is 5.46. The zero-order chi connectivity index (χ0) is 18.5. The van der Waals surface area contributed by atoms with Gasteiger partial charge in [-0.2, -0.15) is 17.6 Å². The summed E-state index contributed by atoms with van der Waals surface area (Å²) < 4.78 is 70.2. The van der Waals surface area contributed by atoms with Gasteiger partial charge in [0.2, 0.25) is 0 Å². The molecule has 138 valence electrons. The number of rotatable bonds is 5. The number of amides is 1. The Hall–Kier alpha value is -1.64. The molecule has 0 unspecified atom stereocenters. The summed E-state index contributed by atoms with van der Waals surface area (Å²) in [7, 11) is 0. The van der Waals surface area contributed by atoms with E-state index in [9.17, 15) is 31.9 Å². The molecule has 1 aliphatic rings. The van der Waals surface area contributed by atoms with Gasteiger partial charge in [-0.05, 0) is 26.7 Å². The van der Waals surface area contributed by atoms with Crippen molar-refractivity contribution in [1.82, 2.24) is 4.90 Å². The summed E-state index contributed by atoms with van der Waals surface area (Å²) in [5.74, 6) is -5.19. The first-order valence-electron chi connectivity index (χ1n) is 7.64. The monoisotopic (exact) mass is 357 g/mol. The average Bonchev–Trinajstić information content (AvgIpc) is 2.53. The van der Waals surface area contributed by atoms with Crippen molar-refractivity contribution in [3.63, 3.8) is 0 Å². The first-order chi connectivity index (χ1) is 11.2. The van der Waals surface area contributed by atoms with Crippen molar-refractivity contribution in [2.75, 3.05) is 13.1 Å². The van der Waals surface area contributed by atoms with Crippen molar-refractivity contribution < 1.29 is 36.6 Å². The molecule has 0 spiro atoms. The van der Waals surface area contributed by atoms with E-state index in [0.717, 1.165) is 4.90 Å². The maximum atomic E-state index is 13.8. The topological polar surface area (TPSA) is 49.8 Å². The Bertz CT molecular complexity index is 525. The number of carbonyl (C=O) groups is 1. The molecule has 0 radical (unpaired) electrons. The van der Waals surface area contributed by atoms with E-state index in [1.807, 2.05) is 0 Å². The van der Waals surface area contributed by atoms with Crippen molar-refractivity contribution in [3.05, 3.63) is 23.7 Å². The van der Waals surface area contributed by atoms with Gasteiger partial charge in [0.15, 0.2) is 11.6 Å². The maximum absolute atomic E-state index is 13.8. The summed E-state index contributed by atoms with van der Waals surface area (Å²) >= 11 is 0. The van der Waals surface area contributed by atoms with E-state index in [0.29, 0.717) is 6.42 Å². The molecule has 9 heteroatoms. The van der Waals surface area contributed by atoms with Gasteiger partial charge in [-0.3, -0.25) is 0 Å². The third kappa shape index (κ3) is 4.25. The van der Waals surface area contributed by atoms with E-state index in [1.165, 1.54) is 0 Å². The number of ether oxygens (including phenoxy) is 1. The van der Waals surface area contributed by atoms with Gasteiger partial charge < -0.3 is 14.7 Å². The molecule has 1 amide bonds. The number of aliphatic hydroxyl groups is 1. The lowest BCUT2D eigenvalue weighted by atomic mass is 9.73. The van der Waals surface area contributed by atoms with E-state index < -0.39 is 47.8 Å². The minimum Gasteiger partial charge on any atom is -0.409 e. The molecule has 4 nitrogen and oxygen atoms in total. The van der Waals surface area contributed by atoms with Crippen molar-refractivity contribution in [3.8, 4) is 0 Å². The predicted molar refractivity (Wildman–Crippen MR) is 75.9 cm³/mol. The van der Waals surface area contributed by atoms with Gasteiger partial charge in [0.25, 0.3) is 0 Å². The molecular weight excluding hydrogens is 337 g/mol. The van der Waals surface area contributed by atoms with E-state index in [1.54, 1.807) is 13.8 Å². The molecule has 0 saturated heterocycles. The Labute approximate surface area is 136 Å². The Morgan fingerprint density at radius 1 is 1.12 bits per heavy atom. The molecule has 0 aromatic heterocycles. The average molecular weight is 357 g/mol. The number of nitrogens with zero attached hydrogens (tertiary/aromatic N) is 1. The lowest BCUT2D eigenvalue weighted by molar-refractivity contribution is -0.0429. The summed E-state index contributed by atoms with van der Waals surface area (Å²) in [6, 6.07) is 0. The summed E-state index contributed by atoms with van der Waals surface area (Å²) in [6.45, 7) is 3.55. The molecule has 1 saturated carbocycles. The van der Waals surface area contributed by atoms with Gasteiger partial charge in [-0.1, -0.05) is 12.8 Å². The fraction of sp³-hybridized carbons (Fsp3) is 0.667. The minimum atomic E-state index is -2.82. The molecule has 1 aliphatic carbocycles. The third-order valence-electron chi connectivity index (χ3n) is 4.14. The van der Waals surface area contributed by atoms with Gasteiger partial charge >= 0.3 is 18.3 Å². The van der Waals surface area contributed by atoms with Crippen molar-refractivity contribution in [2.24, 2.45) is 5.92 Å². The molecule has 0 aromatic carbocycles. The standard InChI is InChI=1S/C15H20F5NO3/c1-3-21(4-2)14(22)24-10(12(17)18)9-7-5-6-8-15(9,23)11(16)13(19)20/h9,23H,3-8H2,1-2H3/t9-,15+/m1/s1. The number of carbonyl (C=O) groups excluding carboxylic acids is 1. The maximum Gasteiger partial charge on any atom is 0.415 e. The van der Waals surface area contributed by atoms with E-state index in [2.05, 4.69) is 4.74 Å². The zero-order valence-corrected chi connectivity index (χ0v) is 13.4. The Kier molecular flexibility index (Phi) is 7.19. The highest BCUT2D eigenvalue weighted by molar-refractivity contribution is 5.69. The van der Waals surface area contributed by atoms with Crippen molar-refractivity contribution in [1.29, 1.82) is 0 Å². The summed E-state index contributed by atoms with van der Waals surface area (Å²) in [4.78, 5) is 13.0. The third-order valence-corrected chi connectivity index (χ3v) is 4.14. The van der Waals surface area contributed by atoms with Crippen LogP contribution in [0.15, 0.2) is 23.7 Å². The van der Waals surface area contributed by atoms with Crippen LogP contribution in [-0.2, 0) is 4.74 Å². The number of hydrogen-bond donors (Lipinski definition) is 1. The second-order valence-corrected chi connectivity index (χ2v) is 5.46.